The molecule has 2 N–H and O–H groups in total. The van der Waals surface area contributed by atoms with Gasteiger partial charge in [-0.2, -0.15) is 0 Å². The van der Waals surface area contributed by atoms with E-state index < -0.39 is 0 Å². The second kappa shape index (κ2) is 9.77. The number of piperidine rings is 1. The van der Waals surface area contributed by atoms with Crippen molar-refractivity contribution < 1.29 is 4.39 Å². The van der Waals surface area contributed by atoms with Crippen LogP contribution in [0, 0.1) is 12.7 Å². The fourth-order valence-corrected chi connectivity index (χ4v) is 4.59. The Kier molecular flexibility index (Phi) is 6.41. The van der Waals surface area contributed by atoms with Gasteiger partial charge in [0.1, 0.15) is 11.6 Å². The molecule has 6 heteroatoms. The molecule has 5 nitrogen and oxygen atoms in total. The lowest BCUT2D eigenvalue weighted by molar-refractivity contribution is 0.264. The molecule has 0 atom stereocenters. The van der Waals surface area contributed by atoms with E-state index in [1.54, 1.807) is 12.3 Å². The molecule has 2 aromatic carbocycles. The summed E-state index contributed by atoms with van der Waals surface area (Å²) in [5, 5.41) is 8.16. The van der Waals surface area contributed by atoms with E-state index in [1.165, 1.54) is 11.6 Å². The second-order valence-corrected chi connectivity index (χ2v) is 9.13. The van der Waals surface area contributed by atoms with Crippen LogP contribution in [0.3, 0.4) is 0 Å². The third kappa shape index (κ3) is 4.87. The number of anilines is 2. The normalized spacial score (nSPS) is 14.9. The molecule has 2 aromatic heterocycles. The van der Waals surface area contributed by atoms with Crippen LogP contribution in [-0.2, 0) is 6.54 Å². The number of benzene rings is 2. The number of pyridine rings is 2. The molecule has 4 aromatic rings. The summed E-state index contributed by atoms with van der Waals surface area (Å²) in [5.74, 6) is 0.533. The molecular formula is C28H30FN5. The Morgan fingerprint density at radius 3 is 2.59 bits per heavy atom. The summed E-state index contributed by atoms with van der Waals surface area (Å²) in [5.41, 5.74) is 4.96. The largest absolute Gasteiger partial charge is 0.382 e. The first-order valence-corrected chi connectivity index (χ1v) is 11.9. The molecule has 1 aliphatic rings. The van der Waals surface area contributed by atoms with Crippen LogP contribution in [0.15, 0.2) is 66.9 Å². The summed E-state index contributed by atoms with van der Waals surface area (Å²) in [6, 6.07) is 19.8. The fourth-order valence-electron chi connectivity index (χ4n) is 4.59. The van der Waals surface area contributed by atoms with Gasteiger partial charge in [-0.05, 0) is 69.2 Å². The van der Waals surface area contributed by atoms with E-state index >= 15 is 0 Å². The fraction of sp³-hybridized carbons (Fsp3) is 0.286. The topological polar surface area (TPSA) is 53.1 Å². The van der Waals surface area contributed by atoms with Gasteiger partial charge < -0.3 is 15.5 Å². The minimum Gasteiger partial charge on any atom is -0.382 e. The van der Waals surface area contributed by atoms with Crippen LogP contribution in [0.4, 0.5) is 15.9 Å². The van der Waals surface area contributed by atoms with Gasteiger partial charge >= 0.3 is 0 Å². The smallest absolute Gasteiger partial charge is 0.132 e. The number of hydrogen-bond donors (Lipinski definition) is 2. The van der Waals surface area contributed by atoms with Crippen LogP contribution < -0.4 is 10.6 Å². The predicted molar refractivity (Wildman–Crippen MR) is 138 cm³/mol. The van der Waals surface area contributed by atoms with Crippen molar-refractivity contribution in [3.05, 3.63) is 83.8 Å². The van der Waals surface area contributed by atoms with Gasteiger partial charge in [0, 0.05) is 29.2 Å². The minimum atomic E-state index is -0.258. The second-order valence-electron chi connectivity index (χ2n) is 9.13. The van der Waals surface area contributed by atoms with Gasteiger partial charge in [-0.25, -0.2) is 14.4 Å². The maximum atomic E-state index is 14.8. The first-order chi connectivity index (χ1) is 16.6. The molecule has 174 valence electrons. The lowest BCUT2D eigenvalue weighted by atomic mass is 10.0. The van der Waals surface area contributed by atoms with Crippen LogP contribution in [0.25, 0.3) is 22.2 Å². The molecule has 0 saturated carbocycles. The SMILES string of the molecule is Cc1cccc(F)c1-c1cc(NC2CCN(C)CC2)c2cc(NCc3ccccc3)ncc2n1. The Morgan fingerprint density at radius 2 is 1.82 bits per heavy atom. The zero-order chi connectivity index (χ0) is 23.5. The molecule has 0 radical (unpaired) electrons. The van der Waals surface area contributed by atoms with E-state index in [1.807, 2.05) is 43.3 Å². The number of rotatable bonds is 6. The number of nitrogens with zero attached hydrogens (tertiary/aromatic N) is 3. The summed E-state index contributed by atoms with van der Waals surface area (Å²) < 4.78 is 14.8. The average molecular weight is 456 g/mol. The maximum absolute atomic E-state index is 14.8. The van der Waals surface area contributed by atoms with Gasteiger partial charge in [-0.1, -0.05) is 42.5 Å². The van der Waals surface area contributed by atoms with E-state index in [0.29, 0.717) is 23.8 Å². The number of likely N-dealkylation sites (tertiary alicyclic amines) is 1. The highest BCUT2D eigenvalue weighted by Crippen LogP contribution is 2.33. The summed E-state index contributed by atoms with van der Waals surface area (Å²) in [6.45, 7) is 4.73. The van der Waals surface area contributed by atoms with Gasteiger partial charge in [-0.15, -0.1) is 0 Å². The Bertz CT molecular complexity index is 1260. The maximum Gasteiger partial charge on any atom is 0.132 e. The molecule has 1 fully saturated rings. The van der Waals surface area contributed by atoms with Gasteiger partial charge in [0.15, 0.2) is 0 Å². The van der Waals surface area contributed by atoms with E-state index in [4.69, 9.17) is 4.98 Å². The standard InChI is InChI=1S/C28H30FN5/c1-19-7-6-10-23(29)28(19)25-16-24(32-21-11-13-34(2)14-12-21)22-15-27(31-18-26(22)33-25)30-17-20-8-4-3-5-9-20/h3-10,15-16,18,21H,11-14,17H2,1-2H3,(H,30,31)(H,32,33). The van der Waals surface area contributed by atoms with Crippen molar-refractivity contribution in [1.29, 1.82) is 0 Å². The summed E-state index contributed by atoms with van der Waals surface area (Å²) in [4.78, 5) is 11.8. The molecule has 0 spiro atoms. The first kappa shape index (κ1) is 22.3. The number of hydrogen-bond acceptors (Lipinski definition) is 5. The van der Waals surface area contributed by atoms with Gasteiger partial charge in [0.2, 0.25) is 0 Å². The third-order valence-electron chi connectivity index (χ3n) is 6.57. The lowest BCUT2D eigenvalue weighted by Crippen LogP contribution is -2.36. The number of aryl methyl sites for hydroxylation is 1. The molecular weight excluding hydrogens is 425 g/mol. The number of aromatic nitrogens is 2. The number of halogens is 1. The van der Waals surface area contributed by atoms with Gasteiger partial charge in [-0.3, -0.25) is 0 Å². The highest BCUT2D eigenvalue weighted by Gasteiger charge is 2.19. The highest BCUT2D eigenvalue weighted by molar-refractivity contribution is 5.95. The van der Waals surface area contributed by atoms with Crippen LogP contribution in [-0.4, -0.2) is 41.0 Å². The minimum absolute atomic E-state index is 0.258. The Morgan fingerprint density at radius 1 is 1.03 bits per heavy atom. The number of fused-ring (bicyclic) bond motifs is 1. The van der Waals surface area contributed by atoms with Crippen LogP contribution >= 0.6 is 0 Å². The molecule has 5 rings (SSSR count). The molecule has 0 amide bonds. The van der Waals surface area contributed by atoms with Crippen LogP contribution in [0.1, 0.15) is 24.0 Å². The van der Waals surface area contributed by atoms with Gasteiger partial charge in [0.05, 0.1) is 17.4 Å². The van der Waals surface area contributed by atoms with Crippen LogP contribution in [0.5, 0.6) is 0 Å². The van der Waals surface area contributed by atoms with Crippen molar-refractivity contribution >= 4 is 22.4 Å². The van der Waals surface area contributed by atoms with Crippen molar-refractivity contribution in [2.24, 2.45) is 0 Å². The Balaban J connectivity index is 1.53. The third-order valence-corrected chi connectivity index (χ3v) is 6.57. The molecule has 1 saturated heterocycles. The molecule has 0 aliphatic carbocycles. The van der Waals surface area contributed by atoms with E-state index in [-0.39, 0.29) is 5.82 Å². The van der Waals surface area contributed by atoms with E-state index in [9.17, 15) is 4.39 Å². The van der Waals surface area contributed by atoms with Crippen molar-refractivity contribution in [2.45, 2.75) is 32.4 Å². The number of nitrogens with one attached hydrogen (secondary N) is 2. The van der Waals surface area contributed by atoms with Crippen molar-refractivity contribution in [1.82, 2.24) is 14.9 Å². The first-order valence-electron chi connectivity index (χ1n) is 11.9. The monoisotopic (exact) mass is 455 g/mol. The quantitative estimate of drug-likeness (QED) is 0.381. The molecule has 3 heterocycles. The molecule has 0 unspecified atom stereocenters. The van der Waals surface area contributed by atoms with E-state index in [2.05, 4.69) is 39.7 Å². The Labute approximate surface area is 200 Å². The Hall–Kier alpha value is -3.51. The van der Waals surface area contributed by atoms with Crippen LogP contribution in [0.2, 0.25) is 0 Å². The summed E-state index contributed by atoms with van der Waals surface area (Å²) in [6.07, 6.45) is 3.92. The predicted octanol–water partition coefficient (Wildman–Crippen LogP) is 5.86. The molecule has 0 bridgehead atoms. The lowest BCUT2D eigenvalue weighted by Gasteiger charge is -2.30. The van der Waals surface area contributed by atoms with Crippen molar-refractivity contribution in [2.75, 3.05) is 30.8 Å². The van der Waals surface area contributed by atoms with Crippen molar-refractivity contribution in [3.63, 3.8) is 0 Å². The van der Waals surface area contributed by atoms with E-state index in [0.717, 1.165) is 53.9 Å². The van der Waals surface area contributed by atoms with Gasteiger partial charge in [0.25, 0.3) is 0 Å². The van der Waals surface area contributed by atoms with Crippen molar-refractivity contribution in [3.8, 4) is 11.3 Å². The molecule has 1 aliphatic heterocycles. The summed E-state index contributed by atoms with van der Waals surface area (Å²) in [7, 11) is 2.16. The zero-order valence-electron chi connectivity index (χ0n) is 19.7. The highest BCUT2D eigenvalue weighted by atomic mass is 19.1. The molecule has 34 heavy (non-hydrogen) atoms. The summed E-state index contributed by atoms with van der Waals surface area (Å²) >= 11 is 0. The average Bonchev–Trinajstić information content (AvgIpc) is 2.85. The zero-order valence-corrected chi connectivity index (χ0v) is 19.7.